The van der Waals surface area contributed by atoms with Gasteiger partial charge in [0.05, 0.1) is 25.5 Å². The lowest BCUT2D eigenvalue weighted by atomic mass is 10.0. The molecule has 2 amide bonds. The Morgan fingerprint density at radius 2 is 1.69 bits per heavy atom. The van der Waals surface area contributed by atoms with Crippen LogP contribution in [0.25, 0.3) is 11.3 Å². The van der Waals surface area contributed by atoms with E-state index in [4.69, 9.17) is 9.47 Å². The Labute approximate surface area is 190 Å². The molecule has 8 nitrogen and oxygen atoms in total. The number of benzene rings is 1. The molecule has 32 heavy (non-hydrogen) atoms. The monoisotopic (exact) mass is 444 g/mol. The fourth-order valence-corrected chi connectivity index (χ4v) is 3.67. The zero-order valence-electron chi connectivity index (χ0n) is 20.2. The summed E-state index contributed by atoms with van der Waals surface area (Å²) in [4.78, 5) is 25.0. The van der Waals surface area contributed by atoms with Gasteiger partial charge in [-0.15, -0.1) is 0 Å². The maximum absolute atomic E-state index is 13.1. The number of aromatic nitrogens is 2. The lowest BCUT2D eigenvalue weighted by Crippen LogP contribution is -2.39. The summed E-state index contributed by atoms with van der Waals surface area (Å²) in [5, 5.41) is 10.2. The molecule has 1 aromatic carbocycles. The van der Waals surface area contributed by atoms with E-state index in [9.17, 15) is 9.59 Å². The molecule has 1 atom stereocenters. The van der Waals surface area contributed by atoms with Crippen LogP contribution in [0.1, 0.15) is 51.0 Å². The van der Waals surface area contributed by atoms with Gasteiger partial charge < -0.3 is 20.1 Å². The molecular weight excluding hydrogens is 408 g/mol. The summed E-state index contributed by atoms with van der Waals surface area (Å²) in [7, 11) is 4.80. The first-order valence-corrected chi connectivity index (χ1v) is 11.0. The minimum absolute atomic E-state index is 0.110. The van der Waals surface area contributed by atoms with Crippen LogP contribution >= 0.6 is 0 Å². The fraction of sp³-hybridized carbons (Fsp3) is 0.542. The van der Waals surface area contributed by atoms with Gasteiger partial charge >= 0.3 is 0 Å². The molecule has 0 bridgehead atoms. The number of carbonyl (C=O) groups excluding carboxylic acids is 2. The third kappa shape index (κ3) is 6.48. The van der Waals surface area contributed by atoms with Crippen molar-refractivity contribution in [1.82, 2.24) is 20.4 Å². The highest BCUT2D eigenvalue weighted by molar-refractivity contribution is 5.94. The van der Waals surface area contributed by atoms with Crippen molar-refractivity contribution in [3.8, 4) is 22.8 Å². The molecule has 0 aliphatic carbocycles. The highest BCUT2D eigenvalue weighted by atomic mass is 16.5. The maximum Gasteiger partial charge on any atom is 0.272 e. The van der Waals surface area contributed by atoms with Gasteiger partial charge in [0.2, 0.25) is 5.91 Å². The standard InChI is InChI=1S/C24H36N4O4/c1-15(2)11-17(12-22(29)25-5)26-24(30)18-13-19(28(27-18)14-16(3)4)23-20(31-6)9-8-10-21(23)32-7/h8-10,13,15-17H,11-12,14H2,1-7H3,(H,25,29)(H,26,30)/t17-/m0/s1. The molecule has 0 spiro atoms. The summed E-state index contributed by atoms with van der Waals surface area (Å²) >= 11 is 0. The van der Waals surface area contributed by atoms with Crippen molar-refractivity contribution < 1.29 is 19.1 Å². The fourth-order valence-electron chi connectivity index (χ4n) is 3.67. The van der Waals surface area contributed by atoms with Crippen molar-refractivity contribution in [3.63, 3.8) is 0 Å². The van der Waals surface area contributed by atoms with Crippen LogP contribution in [0.15, 0.2) is 24.3 Å². The number of hydrogen-bond acceptors (Lipinski definition) is 5. The van der Waals surface area contributed by atoms with Crippen LogP contribution in [0.3, 0.4) is 0 Å². The first-order chi connectivity index (χ1) is 15.2. The van der Waals surface area contributed by atoms with Crippen LogP contribution in [0.4, 0.5) is 0 Å². The Bertz CT molecular complexity index is 898. The van der Waals surface area contributed by atoms with E-state index < -0.39 is 0 Å². The molecular formula is C24H36N4O4. The minimum atomic E-state index is -0.308. The third-order valence-corrected chi connectivity index (χ3v) is 5.04. The smallest absolute Gasteiger partial charge is 0.272 e. The molecule has 176 valence electrons. The highest BCUT2D eigenvalue weighted by Gasteiger charge is 2.24. The first-order valence-electron chi connectivity index (χ1n) is 11.0. The quantitative estimate of drug-likeness (QED) is 0.553. The molecule has 2 aromatic rings. The molecule has 0 radical (unpaired) electrons. The molecule has 0 saturated heterocycles. The number of nitrogens with zero attached hydrogens (tertiary/aromatic N) is 2. The maximum atomic E-state index is 13.1. The van der Waals surface area contributed by atoms with Crippen molar-refractivity contribution in [2.24, 2.45) is 11.8 Å². The summed E-state index contributed by atoms with van der Waals surface area (Å²) in [6.45, 7) is 8.93. The van der Waals surface area contributed by atoms with Gasteiger partial charge in [-0.05, 0) is 36.5 Å². The number of methoxy groups -OCH3 is 2. The Hall–Kier alpha value is -3.03. The zero-order chi connectivity index (χ0) is 23.8. The Kier molecular flexibility index (Phi) is 9.11. The predicted octanol–water partition coefficient (Wildman–Crippen LogP) is 3.50. The molecule has 0 aliphatic heterocycles. The normalized spacial score (nSPS) is 12.0. The second-order valence-corrected chi connectivity index (χ2v) is 8.71. The van der Waals surface area contributed by atoms with Gasteiger partial charge in [0.25, 0.3) is 5.91 Å². The SMILES string of the molecule is CNC(=O)C[C@H](CC(C)C)NC(=O)c1cc(-c2c(OC)cccc2OC)n(CC(C)C)n1. The van der Waals surface area contributed by atoms with Gasteiger partial charge in [-0.1, -0.05) is 33.8 Å². The number of rotatable bonds is 11. The second-order valence-electron chi connectivity index (χ2n) is 8.71. The van der Waals surface area contributed by atoms with Gasteiger partial charge in [-0.3, -0.25) is 14.3 Å². The molecule has 8 heteroatoms. The van der Waals surface area contributed by atoms with Gasteiger partial charge in [-0.25, -0.2) is 0 Å². The largest absolute Gasteiger partial charge is 0.496 e. The molecule has 2 rings (SSSR count). The van der Waals surface area contributed by atoms with Crippen LogP contribution < -0.4 is 20.1 Å². The van der Waals surface area contributed by atoms with E-state index in [1.54, 1.807) is 27.3 Å². The van der Waals surface area contributed by atoms with Crippen molar-refractivity contribution in [1.29, 1.82) is 0 Å². The minimum Gasteiger partial charge on any atom is -0.496 e. The van der Waals surface area contributed by atoms with Crippen LogP contribution in [-0.2, 0) is 11.3 Å². The van der Waals surface area contributed by atoms with Crippen LogP contribution in [0, 0.1) is 11.8 Å². The second kappa shape index (κ2) is 11.5. The van der Waals surface area contributed by atoms with E-state index in [1.165, 1.54) is 0 Å². The van der Waals surface area contributed by atoms with Gasteiger partial charge in [-0.2, -0.15) is 5.10 Å². The summed E-state index contributed by atoms with van der Waals surface area (Å²) in [5.74, 6) is 1.50. The molecule has 0 saturated carbocycles. The summed E-state index contributed by atoms with van der Waals surface area (Å²) < 4.78 is 13.0. The van der Waals surface area contributed by atoms with Crippen molar-refractivity contribution >= 4 is 11.8 Å². The lowest BCUT2D eigenvalue weighted by Gasteiger charge is -2.19. The van der Waals surface area contributed by atoms with E-state index in [1.807, 2.05) is 22.9 Å². The zero-order valence-corrected chi connectivity index (χ0v) is 20.2. The molecule has 0 unspecified atom stereocenters. The van der Waals surface area contributed by atoms with Crippen molar-refractivity contribution in [2.45, 2.75) is 53.1 Å². The van der Waals surface area contributed by atoms with Crippen LogP contribution in [0.5, 0.6) is 11.5 Å². The summed E-state index contributed by atoms with van der Waals surface area (Å²) in [6.07, 6.45) is 0.916. The van der Waals surface area contributed by atoms with E-state index in [0.29, 0.717) is 42.0 Å². The third-order valence-electron chi connectivity index (χ3n) is 5.04. The highest BCUT2D eigenvalue weighted by Crippen LogP contribution is 2.38. The Morgan fingerprint density at radius 1 is 1.06 bits per heavy atom. The summed E-state index contributed by atoms with van der Waals surface area (Å²) in [5.41, 5.74) is 1.78. The molecule has 1 heterocycles. The number of amides is 2. The topological polar surface area (TPSA) is 94.5 Å². The number of carbonyl (C=O) groups is 2. The lowest BCUT2D eigenvalue weighted by molar-refractivity contribution is -0.121. The molecule has 1 aromatic heterocycles. The predicted molar refractivity (Wildman–Crippen MR) is 125 cm³/mol. The van der Waals surface area contributed by atoms with Gasteiger partial charge in [0.15, 0.2) is 5.69 Å². The van der Waals surface area contributed by atoms with Crippen LogP contribution in [-0.4, -0.2) is 48.9 Å². The van der Waals surface area contributed by atoms with Crippen LogP contribution in [0.2, 0.25) is 0 Å². The van der Waals surface area contributed by atoms with Gasteiger partial charge in [0.1, 0.15) is 11.5 Å². The Morgan fingerprint density at radius 3 is 2.19 bits per heavy atom. The first kappa shape index (κ1) is 25.2. The van der Waals surface area contributed by atoms with E-state index in [-0.39, 0.29) is 24.3 Å². The molecule has 2 N–H and O–H groups in total. The summed E-state index contributed by atoms with van der Waals surface area (Å²) in [6, 6.07) is 7.04. The Balaban J connectivity index is 2.45. The molecule has 0 aliphatic rings. The number of hydrogen-bond donors (Lipinski definition) is 2. The average molecular weight is 445 g/mol. The van der Waals surface area contributed by atoms with E-state index >= 15 is 0 Å². The average Bonchev–Trinajstić information content (AvgIpc) is 3.15. The van der Waals surface area contributed by atoms with E-state index in [0.717, 1.165) is 11.3 Å². The number of nitrogens with one attached hydrogen (secondary N) is 2. The van der Waals surface area contributed by atoms with Crippen molar-refractivity contribution in [2.75, 3.05) is 21.3 Å². The van der Waals surface area contributed by atoms with Gasteiger partial charge in [0, 0.05) is 26.1 Å². The van der Waals surface area contributed by atoms with E-state index in [2.05, 4.69) is 43.4 Å². The number of ether oxygens (including phenoxy) is 2. The molecule has 0 fully saturated rings. The van der Waals surface area contributed by atoms with Crippen molar-refractivity contribution in [3.05, 3.63) is 30.0 Å².